The molecule has 146 valence electrons. The number of nitrogens with two attached hydrogens (primary N) is 1. The van der Waals surface area contributed by atoms with Gasteiger partial charge in [-0.05, 0) is 43.2 Å². The summed E-state index contributed by atoms with van der Waals surface area (Å²) in [6.45, 7) is 0.389. The van der Waals surface area contributed by atoms with Crippen molar-refractivity contribution in [2.24, 2.45) is 5.73 Å². The van der Waals surface area contributed by atoms with Gasteiger partial charge in [-0.2, -0.15) is 0 Å². The summed E-state index contributed by atoms with van der Waals surface area (Å²) in [6, 6.07) is 14.6. The first-order valence-corrected chi connectivity index (χ1v) is 9.80. The zero-order chi connectivity index (χ0) is 18.6. The standard InChI is InChI=1S/C18H21N3O4S.ClH/c19-12-15-9-10-17(25-15)18(22)20-13-5-4-6-14(11-13)21-26(23,24)16-7-2-1-3-8-16;/h1-8,11,15,17,21H,9-10,12,19H2,(H,20,22);1H/t15-,17+;/m1./s1. The van der Waals surface area contributed by atoms with E-state index in [1.807, 2.05) is 0 Å². The molecule has 0 aromatic heterocycles. The SMILES string of the molecule is Cl.NC[C@H]1CC[C@@H](C(=O)Nc2cccc(NS(=O)(=O)c3ccccc3)c2)O1. The maximum absolute atomic E-state index is 12.4. The maximum atomic E-state index is 12.4. The predicted octanol–water partition coefficient (Wildman–Crippen LogP) is 2.35. The number of carbonyl (C=O) groups excluding carboxylic acids is 1. The fraction of sp³-hybridized carbons (Fsp3) is 0.278. The Hall–Kier alpha value is -2.13. The van der Waals surface area contributed by atoms with Gasteiger partial charge in [-0.3, -0.25) is 9.52 Å². The molecule has 1 heterocycles. The molecule has 0 saturated carbocycles. The molecule has 1 fully saturated rings. The van der Waals surface area contributed by atoms with Gasteiger partial charge in [0, 0.05) is 12.2 Å². The van der Waals surface area contributed by atoms with Crippen LogP contribution in [0.3, 0.4) is 0 Å². The Balaban J connectivity index is 0.00000261. The highest BCUT2D eigenvalue weighted by Crippen LogP contribution is 2.23. The molecule has 1 aliphatic rings. The maximum Gasteiger partial charge on any atom is 0.261 e. The first-order valence-electron chi connectivity index (χ1n) is 8.32. The predicted molar refractivity (Wildman–Crippen MR) is 107 cm³/mol. The van der Waals surface area contributed by atoms with E-state index in [-0.39, 0.29) is 29.3 Å². The van der Waals surface area contributed by atoms with Crippen LogP contribution in [-0.4, -0.2) is 33.1 Å². The lowest BCUT2D eigenvalue weighted by Crippen LogP contribution is -2.29. The number of carbonyl (C=O) groups is 1. The quantitative estimate of drug-likeness (QED) is 0.675. The van der Waals surface area contributed by atoms with Crippen molar-refractivity contribution in [3.05, 3.63) is 54.6 Å². The molecule has 1 saturated heterocycles. The number of rotatable bonds is 6. The number of anilines is 2. The van der Waals surface area contributed by atoms with E-state index in [4.69, 9.17) is 10.5 Å². The Morgan fingerprint density at radius 2 is 1.78 bits per heavy atom. The third kappa shape index (κ3) is 5.43. The van der Waals surface area contributed by atoms with Gasteiger partial charge in [0.1, 0.15) is 6.10 Å². The lowest BCUT2D eigenvalue weighted by molar-refractivity contribution is -0.126. The molecule has 1 aliphatic heterocycles. The molecule has 9 heteroatoms. The molecule has 2 aromatic carbocycles. The Labute approximate surface area is 164 Å². The molecule has 3 rings (SSSR count). The molecule has 0 aliphatic carbocycles. The molecule has 7 nitrogen and oxygen atoms in total. The molecule has 0 unspecified atom stereocenters. The zero-order valence-corrected chi connectivity index (χ0v) is 16.1. The number of hydrogen-bond acceptors (Lipinski definition) is 5. The van der Waals surface area contributed by atoms with E-state index in [2.05, 4.69) is 10.0 Å². The number of halogens is 1. The highest BCUT2D eigenvalue weighted by molar-refractivity contribution is 7.92. The monoisotopic (exact) mass is 411 g/mol. The Kier molecular flexibility index (Phi) is 7.20. The van der Waals surface area contributed by atoms with E-state index in [1.165, 1.54) is 12.1 Å². The normalized spacial score (nSPS) is 19.1. The molecular formula is C18H22ClN3O4S. The van der Waals surface area contributed by atoms with Crippen LogP contribution in [0.5, 0.6) is 0 Å². The number of benzene rings is 2. The third-order valence-corrected chi connectivity index (χ3v) is 5.50. The first-order chi connectivity index (χ1) is 12.5. The number of hydrogen-bond donors (Lipinski definition) is 3. The summed E-state index contributed by atoms with van der Waals surface area (Å²) in [7, 11) is -3.69. The van der Waals surface area contributed by atoms with Gasteiger partial charge in [0.05, 0.1) is 16.7 Å². The van der Waals surface area contributed by atoms with E-state index in [0.29, 0.717) is 24.3 Å². The Morgan fingerprint density at radius 3 is 2.44 bits per heavy atom. The lowest BCUT2D eigenvalue weighted by atomic mass is 10.2. The third-order valence-electron chi connectivity index (χ3n) is 4.10. The van der Waals surface area contributed by atoms with Crippen molar-refractivity contribution in [2.45, 2.75) is 29.9 Å². The second-order valence-electron chi connectivity index (χ2n) is 6.05. The smallest absolute Gasteiger partial charge is 0.261 e. The summed E-state index contributed by atoms with van der Waals surface area (Å²) in [6.07, 6.45) is 0.752. The van der Waals surface area contributed by atoms with Gasteiger partial charge in [-0.15, -0.1) is 12.4 Å². The number of amides is 1. The van der Waals surface area contributed by atoms with Gasteiger partial charge in [0.25, 0.3) is 15.9 Å². The average molecular weight is 412 g/mol. The van der Waals surface area contributed by atoms with Crippen LogP contribution in [0.25, 0.3) is 0 Å². The molecule has 4 N–H and O–H groups in total. The Morgan fingerprint density at radius 1 is 1.07 bits per heavy atom. The summed E-state index contributed by atoms with van der Waals surface area (Å²) in [4.78, 5) is 12.4. The van der Waals surface area contributed by atoms with Crippen LogP contribution < -0.4 is 15.8 Å². The second kappa shape index (κ2) is 9.18. The summed E-state index contributed by atoms with van der Waals surface area (Å²) in [5, 5.41) is 2.75. The van der Waals surface area contributed by atoms with Crippen LogP contribution in [0.4, 0.5) is 11.4 Å². The molecular weight excluding hydrogens is 390 g/mol. The zero-order valence-electron chi connectivity index (χ0n) is 14.5. The number of ether oxygens (including phenoxy) is 1. The summed E-state index contributed by atoms with van der Waals surface area (Å²) in [5.74, 6) is -0.260. The largest absolute Gasteiger partial charge is 0.364 e. The molecule has 0 bridgehead atoms. The van der Waals surface area contributed by atoms with Crippen molar-refractivity contribution in [1.29, 1.82) is 0 Å². The van der Waals surface area contributed by atoms with E-state index >= 15 is 0 Å². The second-order valence-corrected chi connectivity index (χ2v) is 7.73. The van der Waals surface area contributed by atoms with Crippen molar-refractivity contribution < 1.29 is 17.9 Å². The van der Waals surface area contributed by atoms with Gasteiger partial charge in [0.2, 0.25) is 0 Å². The average Bonchev–Trinajstić information content (AvgIpc) is 3.12. The minimum absolute atomic E-state index is 0. The highest BCUT2D eigenvalue weighted by atomic mass is 35.5. The fourth-order valence-electron chi connectivity index (χ4n) is 2.77. The van der Waals surface area contributed by atoms with Crippen LogP contribution in [0.15, 0.2) is 59.5 Å². The minimum atomic E-state index is -3.69. The van der Waals surface area contributed by atoms with E-state index in [1.54, 1.807) is 42.5 Å². The van der Waals surface area contributed by atoms with Crippen molar-refractivity contribution in [2.75, 3.05) is 16.6 Å². The minimum Gasteiger partial charge on any atom is -0.364 e. The topological polar surface area (TPSA) is 111 Å². The van der Waals surface area contributed by atoms with Crippen LogP contribution in [0.2, 0.25) is 0 Å². The number of nitrogens with one attached hydrogen (secondary N) is 2. The van der Waals surface area contributed by atoms with Crippen molar-refractivity contribution in [3.8, 4) is 0 Å². The van der Waals surface area contributed by atoms with Crippen molar-refractivity contribution in [1.82, 2.24) is 0 Å². The summed E-state index contributed by atoms with van der Waals surface area (Å²) in [5.41, 5.74) is 6.40. The summed E-state index contributed by atoms with van der Waals surface area (Å²) >= 11 is 0. The van der Waals surface area contributed by atoms with Crippen LogP contribution in [0, 0.1) is 0 Å². The molecule has 27 heavy (non-hydrogen) atoms. The molecule has 0 spiro atoms. The van der Waals surface area contributed by atoms with E-state index in [9.17, 15) is 13.2 Å². The molecule has 2 atom stereocenters. The van der Waals surface area contributed by atoms with Crippen LogP contribution in [-0.2, 0) is 19.6 Å². The Bertz CT molecular complexity index is 877. The van der Waals surface area contributed by atoms with Crippen LogP contribution >= 0.6 is 12.4 Å². The van der Waals surface area contributed by atoms with Gasteiger partial charge in [-0.25, -0.2) is 8.42 Å². The first kappa shape index (κ1) is 21.2. The van der Waals surface area contributed by atoms with E-state index in [0.717, 1.165) is 6.42 Å². The van der Waals surface area contributed by atoms with Crippen LogP contribution in [0.1, 0.15) is 12.8 Å². The summed E-state index contributed by atoms with van der Waals surface area (Å²) < 4.78 is 32.8. The highest BCUT2D eigenvalue weighted by Gasteiger charge is 2.29. The van der Waals surface area contributed by atoms with Crippen molar-refractivity contribution in [3.63, 3.8) is 0 Å². The fourth-order valence-corrected chi connectivity index (χ4v) is 3.84. The molecule has 1 amide bonds. The number of sulfonamides is 1. The molecule has 0 radical (unpaired) electrons. The lowest BCUT2D eigenvalue weighted by Gasteiger charge is -2.14. The van der Waals surface area contributed by atoms with E-state index < -0.39 is 16.1 Å². The van der Waals surface area contributed by atoms with Gasteiger partial charge in [-0.1, -0.05) is 24.3 Å². The van der Waals surface area contributed by atoms with Gasteiger partial charge in [0.15, 0.2) is 0 Å². The van der Waals surface area contributed by atoms with Gasteiger partial charge >= 0.3 is 0 Å². The van der Waals surface area contributed by atoms with Crippen molar-refractivity contribution >= 4 is 39.7 Å². The van der Waals surface area contributed by atoms with Gasteiger partial charge < -0.3 is 15.8 Å². The molecule has 2 aromatic rings.